The van der Waals surface area contributed by atoms with Crippen LogP contribution in [0.25, 0.3) is 11.4 Å². The van der Waals surface area contributed by atoms with Crippen molar-refractivity contribution in [3.63, 3.8) is 0 Å². The van der Waals surface area contributed by atoms with Gasteiger partial charge in [-0.2, -0.15) is 4.98 Å². The maximum absolute atomic E-state index is 12.7. The van der Waals surface area contributed by atoms with E-state index < -0.39 is 6.04 Å². The van der Waals surface area contributed by atoms with Crippen LogP contribution in [0.1, 0.15) is 51.0 Å². The Kier molecular flexibility index (Phi) is 6.96. The number of nitrogens with zero attached hydrogens (tertiary/aromatic N) is 3. The third kappa shape index (κ3) is 4.38. The fraction of sp³-hybridized carbons (Fsp3) is 0.500. The molecule has 1 amide bonds. The lowest BCUT2D eigenvalue weighted by Gasteiger charge is -2.35. The van der Waals surface area contributed by atoms with E-state index in [0.29, 0.717) is 24.7 Å². The van der Waals surface area contributed by atoms with Gasteiger partial charge in [0, 0.05) is 12.1 Å². The van der Waals surface area contributed by atoms with E-state index in [9.17, 15) is 4.79 Å². The van der Waals surface area contributed by atoms with Crippen molar-refractivity contribution in [3.8, 4) is 11.4 Å². The van der Waals surface area contributed by atoms with Crippen LogP contribution < -0.4 is 5.73 Å². The first-order valence-corrected chi connectivity index (χ1v) is 8.65. The Balaban J connectivity index is 0.00000225. The minimum atomic E-state index is -0.452. The summed E-state index contributed by atoms with van der Waals surface area (Å²) in [7, 11) is 0. The van der Waals surface area contributed by atoms with Gasteiger partial charge in [-0.15, -0.1) is 12.4 Å². The molecular weight excluding hydrogens is 340 g/mol. The number of halogens is 1. The largest absolute Gasteiger partial charge is 0.337 e. The predicted molar refractivity (Wildman–Crippen MR) is 98.2 cm³/mol. The highest BCUT2D eigenvalue weighted by Crippen LogP contribution is 2.31. The molecule has 0 radical (unpaired) electrons. The predicted octanol–water partition coefficient (Wildman–Crippen LogP) is 3.34. The first kappa shape index (κ1) is 19.4. The number of benzene rings is 1. The number of hydrogen-bond donors (Lipinski definition) is 1. The summed E-state index contributed by atoms with van der Waals surface area (Å²) in [6, 6.07) is 9.08. The Bertz CT molecular complexity index is 677. The Morgan fingerprint density at radius 2 is 2.12 bits per heavy atom. The normalized spacial score (nSPS) is 18.5. The zero-order valence-electron chi connectivity index (χ0n) is 14.4. The molecule has 2 atom stereocenters. The van der Waals surface area contributed by atoms with Crippen molar-refractivity contribution >= 4 is 18.3 Å². The molecule has 2 N–H and O–H groups in total. The van der Waals surface area contributed by atoms with E-state index in [2.05, 4.69) is 10.1 Å². The highest BCUT2D eigenvalue weighted by atomic mass is 35.5. The lowest BCUT2D eigenvalue weighted by atomic mass is 10.00. The monoisotopic (exact) mass is 364 g/mol. The summed E-state index contributed by atoms with van der Waals surface area (Å²) >= 11 is 0. The van der Waals surface area contributed by atoms with Crippen LogP contribution in [0.4, 0.5) is 0 Å². The maximum atomic E-state index is 12.7. The molecule has 6 nitrogen and oxygen atoms in total. The van der Waals surface area contributed by atoms with Crippen LogP contribution in [0.3, 0.4) is 0 Å². The number of rotatable bonds is 5. The summed E-state index contributed by atoms with van der Waals surface area (Å²) in [5.41, 5.74) is 6.94. The van der Waals surface area contributed by atoms with Crippen molar-refractivity contribution in [2.45, 2.75) is 51.1 Å². The first-order chi connectivity index (χ1) is 11.7. The Morgan fingerprint density at radius 3 is 2.84 bits per heavy atom. The van der Waals surface area contributed by atoms with E-state index in [4.69, 9.17) is 10.3 Å². The number of likely N-dealkylation sites (tertiary alicyclic amines) is 1. The van der Waals surface area contributed by atoms with Crippen LogP contribution in [0.5, 0.6) is 0 Å². The van der Waals surface area contributed by atoms with E-state index >= 15 is 0 Å². The van der Waals surface area contributed by atoms with Crippen LogP contribution in [0.2, 0.25) is 0 Å². The molecule has 0 bridgehead atoms. The molecule has 1 aromatic carbocycles. The molecule has 1 aliphatic rings. The Morgan fingerprint density at radius 1 is 1.36 bits per heavy atom. The van der Waals surface area contributed by atoms with E-state index in [-0.39, 0.29) is 24.4 Å². The van der Waals surface area contributed by atoms with Gasteiger partial charge in [-0.05, 0) is 25.7 Å². The highest BCUT2D eigenvalue weighted by molar-refractivity contribution is 5.85. The number of piperidine rings is 1. The summed E-state index contributed by atoms with van der Waals surface area (Å²) in [6.07, 6.45) is 4.45. The summed E-state index contributed by atoms with van der Waals surface area (Å²) in [5.74, 6) is 1.05. The van der Waals surface area contributed by atoms with Gasteiger partial charge < -0.3 is 15.2 Å². The quantitative estimate of drug-likeness (QED) is 0.879. The molecule has 2 aromatic rings. The van der Waals surface area contributed by atoms with Gasteiger partial charge in [-0.1, -0.05) is 48.8 Å². The molecular formula is C18H25ClN4O2. The van der Waals surface area contributed by atoms with Crippen LogP contribution in [-0.4, -0.2) is 33.5 Å². The second-order valence-corrected chi connectivity index (χ2v) is 6.26. The molecule has 0 spiro atoms. The molecule has 3 rings (SSSR count). The minimum absolute atomic E-state index is 0. The summed E-state index contributed by atoms with van der Waals surface area (Å²) in [6.45, 7) is 2.73. The van der Waals surface area contributed by atoms with Gasteiger partial charge >= 0.3 is 0 Å². The van der Waals surface area contributed by atoms with E-state index in [0.717, 1.165) is 31.2 Å². The molecule has 0 saturated carbocycles. The minimum Gasteiger partial charge on any atom is -0.337 e. The van der Waals surface area contributed by atoms with Gasteiger partial charge in [0.05, 0.1) is 6.04 Å². The molecule has 1 fully saturated rings. The molecule has 0 aliphatic carbocycles. The molecule has 1 aliphatic heterocycles. The second kappa shape index (κ2) is 8.97. The Hall–Kier alpha value is -1.92. The van der Waals surface area contributed by atoms with Crippen LogP contribution in [-0.2, 0) is 4.79 Å². The SMILES string of the molecule is CCCC(N)C(=O)N1CCCCC1c1nc(-c2ccccc2)no1.Cl. The van der Waals surface area contributed by atoms with Crippen molar-refractivity contribution in [1.82, 2.24) is 15.0 Å². The van der Waals surface area contributed by atoms with Crippen molar-refractivity contribution in [2.75, 3.05) is 6.54 Å². The first-order valence-electron chi connectivity index (χ1n) is 8.65. The summed E-state index contributed by atoms with van der Waals surface area (Å²) < 4.78 is 5.48. The average molecular weight is 365 g/mol. The molecule has 1 aromatic heterocycles. The molecule has 2 heterocycles. The maximum Gasteiger partial charge on any atom is 0.249 e. The van der Waals surface area contributed by atoms with E-state index in [1.54, 1.807) is 0 Å². The van der Waals surface area contributed by atoms with Gasteiger partial charge in [-0.25, -0.2) is 0 Å². The lowest BCUT2D eigenvalue weighted by Crippen LogP contribution is -2.47. The van der Waals surface area contributed by atoms with Crippen molar-refractivity contribution in [1.29, 1.82) is 0 Å². The number of carbonyl (C=O) groups is 1. The third-order valence-corrected chi connectivity index (χ3v) is 4.46. The van der Waals surface area contributed by atoms with Crippen LogP contribution in [0.15, 0.2) is 34.9 Å². The number of aromatic nitrogens is 2. The smallest absolute Gasteiger partial charge is 0.249 e. The molecule has 7 heteroatoms. The van der Waals surface area contributed by atoms with Gasteiger partial charge in [0.15, 0.2) is 0 Å². The van der Waals surface area contributed by atoms with E-state index in [1.165, 1.54) is 0 Å². The number of carbonyl (C=O) groups excluding carboxylic acids is 1. The van der Waals surface area contributed by atoms with Gasteiger partial charge in [0.25, 0.3) is 0 Å². The van der Waals surface area contributed by atoms with Crippen LogP contribution in [0, 0.1) is 0 Å². The standard InChI is InChI=1S/C18H24N4O2.ClH/c1-2-8-14(19)18(23)22-12-7-6-11-15(22)17-20-16(21-24-17)13-9-4-3-5-10-13;/h3-5,9-10,14-15H,2,6-8,11-12,19H2,1H3;1H. The number of amides is 1. The lowest BCUT2D eigenvalue weighted by molar-refractivity contribution is -0.137. The number of nitrogens with two attached hydrogens (primary N) is 1. The number of hydrogen-bond acceptors (Lipinski definition) is 5. The van der Waals surface area contributed by atoms with Crippen molar-refractivity contribution < 1.29 is 9.32 Å². The fourth-order valence-corrected chi connectivity index (χ4v) is 3.17. The van der Waals surface area contributed by atoms with Gasteiger partial charge in [-0.3, -0.25) is 4.79 Å². The van der Waals surface area contributed by atoms with Crippen LogP contribution >= 0.6 is 12.4 Å². The van der Waals surface area contributed by atoms with Crippen molar-refractivity contribution in [2.24, 2.45) is 5.73 Å². The molecule has 2 unspecified atom stereocenters. The Labute approximate surface area is 154 Å². The zero-order chi connectivity index (χ0) is 16.9. The topological polar surface area (TPSA) is 85.3 Å². The average Bonchev–Trinajstić information content (AvgIpc) is 3.12. The highest BCUT2D eigenvalue weighted by Gasteiger charge is 2.34. The third-order valence-electron chi connectivity index (χ3n) is 4.46. The fourth-order valence-electron chi connectivity index (χ4n) is 3.17. The molecule has 136 valence electrons. The van der Waals surface area contributed by atoms with Gasteiger partial charge in [0.1, 0.15) is 6.04 Å². The summed E-state index contributed by atoms with van der Waals surface area (Å²) in [5, 5.41) is 4.08. The molecule has 25 heavy (non-hydrogen) atoms. The second-order valence-electron chi connectivity index (χ2n) is 6.26. The summed E-state index contributed by atoms with van der Waals surface area (Å²) in [4.78, 5) is 19.0. The van der Waals surface area contributed by atoms with E-state index in [1.807, 2.05) is 42.2 Å². The van der Waals surface area contributed by atoms with Gasteiger partial charge in [0.2, 0.25) is 17.6 Å². The van der Waals surface area contributed by atoms with Crippen molar-refractivity contribution in [3.05, 3.63) is 36.2 Å². The molecule has 1 saturated heterocycles. The zero-order valence-corrected chi connectivity index (χ0v) is 15.2.